The molecule has 1 aliphatic heterocycles. The molecule has 0 unspecified atom stereocenters. The van der Waals surface area contributed by atoms with Crippen LogP contribution in [-0.2, 0) is 11.2 Å². The number of rotatable bonds is 8. The Morgan fingerprint density at radius 1 is 0.929 bits per heavy atom. The first kappa shape index (κ1) is 20.2. The van der Waals surface area contributed by atoms with E-state index in [1.54, 1.807) is 40.2 Å². The summed E-state index contributed by atoms with van der Waals surface area (Å²) in [5.41, 5.74) is 2.06. The van der Waals surface area contributed by atoms with Crippen molar-refractivity contribution in [3.63, 3.8) is 0 Å². The Hall–Kier alpha value is -2.54. The maximum atomic E-state index is 12.5. The second-order valence-corrected chi connectivity index (χ2v) is 7.37. The van der Waals surface area contributed by atoms with E-state index in [4.69, 9.17) is 18.9 Å². The summed E-state index contributed by atoms with van der Waals surface area (Å²) in [7, 11) is 6.49. The molecule has 1 heterocycles. The van der Waals surface area contributed by atoms with Crippen LogP contribution in [0.25, 0.3) is 0 Å². The average molecular weight is 404 g/mol. The van der Waals surface area contributed by atoms with E-state index < -0.39 is 0 Å². The molecule has 0 aliphatic carbocycles. The lowest BCUT2D eigenvalue weighted by Gasteiger charge is -2.26. The minimum Gasteiger partial charge on any atom is -0.497 e. The normalized spacial score (nSPS) is 16.2. The molecule has 0 saturated carbocycles. The summed E-state index contributed by atoms with van der Waals surface area (Å²) in [5.74, 6) is 3.43. The highest BCUT2D eigenvalue weighted by molar-refractivity contribution is 8.00. The zero-order chi connectivity index (χ0) is 20.1. The van der Waals surface area contributed by atoms with Gasteiger partial charge >= 0.3 is 0 Å². The Labute approximate surface area is 169 Å². The molecule has 3 rings (SSSR count). The lowest BCUT2D eigenvalue weighted by Crippen LogP contribution is -2.30. The van der Waals surface area contributed by atoms with Crippen molar-refractivity contribution in [2.45, 2.75) is 11.8 Å². The van der Waals surface area contributed by atoms with Gasteiger partial charge in [0.05, 0.1) is 34.2 Å². The molecule has 0 bridgehead atoms. The fourth-order valence-corrected chi connectivity index (χ4v) is 4.51. The number of benzene rings is 2. The number of nitrogens with zero attached hydrogens (tertiary/aromatic N) is 1. The van der Waals surface area contributed by atoms with Crippen molar-refractivity contribution in [2.24, 2.45) is 0 Å². The van der Waals surface area contributed by atoms with Crippen LogP contribution in [0.2, 0.25) is 0 Å². The summed E-state index contributed by atoms with van der Waals surface area (Å²) in [6.45, 7) is 0.612. The van der Waals surface area contributed by atoms with Gasteiger partial charge in [-0.1, -0.05) is 6.07 Å². The second kappa shape index (κ2) is 9.10. The van der Waals surface area contributed by atoms with Gasteiger partial charge in [0.2, 0.25) is 5.91 Å². The minimum absolute atomic E-state index is 0.0755. The Morgan fingerprint density at radius 3 is 2.36 bits per heavy atom. The highest BCUT2D eigenvalue weighted by Gasteiger charge is 2.34. The highest BCUT2D eigenvalue weighted by Crippen LogP contribution is 2.43. The second-order valence-electron chi connectivity index (χ2n) is 6.30. The summed E-state index contributed by atoms with van der Waals surface area (Å²) in [5, 5.41) is -0.0755. The SMILES string of the molecule is COc1ccc([C@H]2SCC(=O)N2CCc2ccc(OC)c(OC)c2)c(OC)c1. The van der Waals surface area contributed by atoms with Gasteiger partial charge in [-0.15, -0.1) is 11.8 Å². The first-order valence-electron chi connectivity index (χ1n) is 8.95. The van der Waals surface area contributed by atoms with Gasteiger partial charge in [0, 0.05) is 18.2 Å². The molecule has 1 atom stereocenters. The van der Waals surface area contributed by atoms with Gasteiger partial charge in [-0.05, 0) is 36.2 Å². The van der Waals surface area contributed by atoms with Crippen LogP contribution < -0.4 is 18.9 Å². The predicted molar refractivity (Wildman–Crippen MR) is 110 cm³/mol. The first-order chi connectivity index (χ1) is 13.6. The molecule has 6 nitrogen and oxygen atoms in total. The fourth-order valence-electron chi connectivity index (χ4n) is 3.26. The number of hydrogen-bond donors (Lipinski definition) is 0. The molecule has 7 heteroatoms. The minimum atomic E-state index is -0.0755. The van der Waals surface area contributed by atoms with E-state index in [1.165, 1.54) is 0 Å². The van der Waals surface area contributed by atoms with Crippen LogP contribution in [0.3, 0.4) is 0 Å². The monoisotopic (exact) mass is 403 g/mol. The number of carbonyl (C=O) groups excluding carboxylic acids is 1. The van der Waals surface area contributed by atoms with E-state index in [2.05, 4.69) is 0 Å². The molecule has 0 aromatic heterocycles. The van der Waals surface area contributed by atoms with E-state index in [-0.39, 0.29) is 11.3 Å². The standard InChI is InChI=1S/C21H25NO5S/c1-24-15-6-7-16(18(12-15)26-3)21-22(20(23)13-28-21)10-9-14-5-8-17(25-2)19(11-14)27-4/h5-8,11-12,21H,9-10,13H2,1-4H3/t21-/m1/s1. The number of methoxy groups -OCH3 is 4. The summed E-state index contributed by atoms with van der Waals surface area (Å²) in [6.07, 6.45) is 0.724. The van der Waals surface area contributed by atoms with Crippen molar-refractivity contribution >= 4 is 17.7 Å². The molecule has 0 radical (unpaired) electrons. The molecule has 1 saturated heterocycles. The van der Waals surface area contributed by atoms with E-state index in [0.717, 1.165) is 29.0 Å². The van der Waals surface area contributed by atoms with E-state index in [1.807, 2.05) is 41.3 Å². The van der Waals surface area contributed by atoms with Crippen LogP contribution in [-0.4, -0.2) is 51.5 Å². The number of amides is 1. The largest absolute Gasteiger partial charge is 0.497 e. The van der Waals surface area contributed by atoms with Crippen molar-refractivity contribution in [3.05, 3.63) is 47.5 Å². The Bertz CT molecular complexity index is 842. The molecule has 1 amide bonds. The average Bonchev–Trinajstić information content (AvgIpc) is 3.11. The number of hydrogen-bond acceptors (Lipinski definition) is 6. The molecular formula is C21H25NO5S. The number of carbonyl (C=O) groups is 1. The number of ether oxygens (including phenoxy) is 4. The molecule has 1 aliphatic rings. The van der Waals surface area contributed by atoms with Crippen molar-refractivity contribution in [1.29, 1.82) is 0 Å². The van der Waals surface area contributed by atoms with Crippen LogP contribution in [0, 0.1) is 0 Å². The van der Waals surface area contributed by atoms with Gasteiger partial charge in [-0.2, -0.15) is 0 Å². The van der Waals surface area contributed by atoms with Crippen LogP contribution in [0.1, 0.15) is 16.5 Å². The van der Waals surface area contributed by atoms with Crippen LogP contribution in [0.15, 0.2) is 36.4 Å². The highest BCUT2D eigenvalue weighted by atomic mass is 32.2. The molecule has 2 aromatic rings. The third-order valence-electron chi connectivity index (χ3n) is 4.76. The Kier molecular flexibility index (Phi) is 6.57. The van der Waals surface area contributed by atoms with Gasteiger partial charge in [0.1, 0.15) is 16.9 Å². The van der Waals surface area contributed by atoms with Crippen molar-refractivity contribution < 1.29 is 23.7 Å². The van der Waals surface area contributed by atoms with Crippen molar-refractivity contribution in [1.82, 2.24) is 4.90 Å². The quantitative estimate of drug-likeness (QED) is 0.672. The van der Waals surface area contributed by atoms with Gasteiger partial charge in [-0.25, -0.2) is 0 Å². The van der Waals surface area contributed by atoms with E-state index in [0.29, 0.717) is 23.8 Å². The molecule has 0 spiro atoms. The zero-order valence-electron chi connectivity index (χ0n) is 16.6. The first-order valence-corrected chi connectivity index (χ1v) is 10.00. The lowest BCUT2D eigenvalue weighted by molar-refractivity contribution is -0.128. The van der Waals surface area contributed by atoms with Crippen molar-refractivity contribution in [3.8, 4) is 23.0 Å². The zero-order valence-corrected chi connectivity index (χ0v) is 17.4. The summed E-state index contributed by atoms with van der Waals surface area (Å²) in [4.78, 5) is 14.4. The smallest absolute Gasteiger partial charge is 0.233 e. The Balaban J connectivity index is 1.78. The summed E-state index contributed by atoms with van der Waals surface area (Å²) >= 11 is 1.61. The fraction of sp³-hybridized carbons (Fsp3) is 0.381. The summed E-state index contributed by atoms with van der Waals surface area (Å²) in [6, 6.07) is 11.6. The lowest BCUT2D eigenvalue weighted by atomic mass is 10.1. The molecular weight excluding hydrogens is 378 g/mol. The molecule has 1 fully saturated rings. The van der Waals surface area contributed by atoms with E-state index in [9.17, 15) is 4.79 Å². The van der Waals surface area contributed by atoms with Gasteiger partial charge in [0.15, 0.2) is 11.5 Å². The molecule has 28 heavy (non-hydrogen) atoms. The third-order valence-corrected chi connectivity index (χ3v) is 6.00. The predicted octanol–water partition coefficient (Wildman–Crippen LogP) is 3.54. The van der Waals surface area contributed by atoms with E-state index >= 15 is 0 Å². The molecule has 0 N–H and O–H groups in total. The van der Waals surface area contributed by atoms with Crippen LogP contribution in [0.5, 0.6) is 23.0 Å². The Morgan fingerprint density at radius 2 is 1.68 bits per heavy atom. The van der Waals surface area contributed by atoms with Gasteiger partial charge in [0.25, 0.3) is 0 Å². The molecule has 150 valence electrons. The third kappa shape index (κ3) is 4.14. The van der Waals surface area contributed by atoms with Crippen LogP contribution >= 0.6 is 11.8 Å². The van der Waals surface area contributed by atoms with Gasteiger partial charge < -0.3 is 23.8 Å². The maximum absolute atomic E-state index is 12.5. The van der Waals surface area contributed by atoms with Crippen molar-refractivity contribution in [2.75, 3.05) is 40.7 Å². The maximum Gasteiger partial charge on any atom is 0.233 e. The van der Waals surface area contributed by atoms with Crippen LogP contribution in [0.4, 0.5) is 0 Å². The topological polar surface area (TPSA) is 57.2 Å². The summed E-state index contributed by atoms with van der Waals surface area (Å²) < 4.78 is 21.5. The number of thioether (sulfide) groups is 1. The van der Waals surface area contributed by atoms with Gasteiger partial charge in [-0.3, -0.25) is 4.79 Å². The molecule has 2 aromatic carbocycles.